The maximum atomic E-state index is 10.2. The lowest BCUT2D eigenvalue weighted by Gasteiger charge is -2.20. The van der Waals surface area contributed by atoms with Gasteiger partial charge in [-0.15, -0.1) is 5.10 Å². The SMILES string of the molecule is COc1cc(O)c(CNc2nc(N[C@@H](CO)C(C)C)nc3c2nnn3C)c(O)c1. The monoisotopic (exact) mass is 403 g/mol. The van der Waals surface area contributed by atoms with E-state index in [-0.39, 0.29) is 42.2 Å². The Morgan fingerprint density at radius 3 is 2.45 bits per heavy atom. The molecule has 0 aliphatic carbocycles. The van der Waals surface area contributed by atoms with Crippen LogP contribution in [0.4, 0.5) is 11.8 Å². The van der Waals surface area contributed by atoms with Gasteiger partial charge in [-0.05, 0) is 5.92 Å². The second-order valence-electron chi connectivity index (χ2n) is 6.96. The molecule has 0 aliphatic heterocycles. The number of nitrogens with zero attached hydrogens (tertiary/aromatic N) is 5. The first kappa shape index (κ1) is 20.4. The zero-order chi connectivity index (χ0) is 21.1. The van der Waals surface area contributed by atoms with E-state index in [0.29, 0.717) is 28.7 Å². The maximum Gasteiger partial charge on any atom is 0.227 e. The van der Waals surface area contributed by atoms with Crippen LogP contribution in [-0.4, -0.2) is 60.0 Å². The second-order valence-corrected chi connectivity index (χ2v) is 6.96. The van der Waals surface area contributed by atoms with E-state index in [1.165, 1.54) is 23.9 Å². The average molecular weight is 403 g/mol. The number of anilines is 2. The molecule has 29 heavy (non-hydrogen) atoms. The van der Waals surface area contributed by atoms with Gasteiger partial charge in [0.1, 0.15) is 17.2 Å². The topological polar surface area (TPSA) is 150 Å². The summed E-state index contributed by atoms with van der Waals surface area (Å²) in [4.78, 5) is 8.87. The first-order valence-corrected chi connectivity index (χ1v) is 9.11. The Morgan fingerprint density at radius 1 is 1.17 bits per heavy atom. The summed E-state index contributed by atoms with van der Waals surface area (Å²) in [5.74, 6) is 0.961. The van der Waals surface area contributed by atoms with Crippen LogP contribution in [0.5, 0.6) is 17.2 Å². The highest BCUT2D eigenvalue weighted by atomic mass is 16.5. The highest BCUT2D eigenvalue weighted by Crippen LogP contribution is 2.33. The molecule has 0 aliphatic rings. The van der Waals surface area contributed by atoms with Crippen molar-refractivity contribution in [2.24, 2.45) is 13.0 Å². The molecular formula is C18H25N7O4. The van der Waals surface area contributed by atoms with Gasteiger partial charge in [-0.25, -0.2) is 4.68 Å². The number of aryl methyl sites for hydroxylation is 1. The normalized spacial score (nSPS) is 12.3. The number of rotatable bonds is 8. The Morgan fingerprint density at radius 2 is 1.86 bits per heavy atom. The van der Waals surface area contributed by atoms with Crippen LogP contribution >= 0.6 is 0 Å². The molecular weight excluding hydrogens is 378 g/mol. The molecule has 0 unspecified atom stereocenters. The fourth-order valence-electron chi connectivity index (χ4n) is 2.78. The zero-order valence-electron chi connectivity index (χ0n) is 16.7. The number of phenols is 2. The minimum absolute atomic E-state index is 0.0704. The number of aromatic nitrogens is 5. The van der Waals surface area contributed by atoms with Crippen LogP contribution in [-0.2, 0) is 13.6 Å². The highest BCUT2D eigenvalue weighted by molar-refractivity contribution is 5.83. The van der Waals surface area contributed by atoms with Crippen LogP contribution < -0.4 is 15.4 Å². The smallest absolute Gasteiger partial charge is 0.227 e. The van der Waals surface area contributed by atoms with E-state index in [4.69, 9.17) is 4.74 Å². The van der Waals surface area contributed by atoms with E-state index in [2.05, 4.69) is 30.9 Å². The van der Waals surface area contributed by atoms with Gasteiger partial charge in [0.2, 0.25) is 5.95 Å². The van der Waals surface area contributed by atoms with Gasteiger partial charge in [0.25, 0.3) is 0 Å². The molecule has 0 amide bonds. The molecule has 156 valence electrons. The standard InChI is InChI=1S/C18H25N7O4/c1-9(2)12(8-26)20-18-21-16(15-17(22-18)25(3)24-23-15)19-7-11-13(27)5-10(29-4)6-14(11)28/h5-6,9,12,26-28H,7-8H2,1-4H3,(H2,19,20,21,22)/t12-/m0/s1. The van der Waals surface area contributed by atoms with Crippen molar-refractivity contribution in [1.29, 1.82) is 0 Å². The highest BCUT2D eigenvalue weighted by Gasteiger charge is 2.18. The Kier molecular flexibility index (Phi) is 5.87. The zero-order valence-corrected chi connectivity index (χ0v) is 16.7. The van der Waals surface area contributed by atoms with Gasteiger partial charge in [0.05, 0.1) is 25.3 Å². The van der Waals surface area contributed by atoms with Crippen molar-refractivity contribution in [3.63, 3.8) is 0 Å². The Hall–Kier alpha value is -3.34. The van der Waals surface area contributed by atoms with E-state index >= 15 is 0 Å². The molecule has 1 aromatic carbocycles. The van der Waals surface area contributed by atoms with E-state index in [1.54, 1.807) is 7.05 Å². The third-order valence-electron chi connectivity index (χ3n) is 4.61. The first-order valence-electron chi connectivity index (χ1n) is 9.11. The number of hydrogen-bond donors (Lipinski definition) is 5. The quantitative estimate of drug-likeness (QED) is 0.371. The Balaban J connectivity index is 1.92. The van der Waals surface area contributed by atoms with E-state index in [1.807, 2.05) is 13.8 Å². The van der Waals surface area contributed by atoms with Crippen LogP contribution in [0.3, 0.4) is 0 Å². The number of fused-ring (bicyclic) bond motifs is 1. The van der Waals surface area contributed by atoms with Gasteiger partial charge in [-0.2, -0.15) is 9.97 Å². The van der Waals surface area contributed by atoms with Gasteiger partial charge in [0, 0.05) is 25.7 Å². The predicted molar refractivity (Wildman–Crippen MR) is 107 cm³/mol. The van der Waals surface area contributed by atoms with E-state index in [9.17, 15) is 15.3 Å². The summed E-state index contributed by atoms with van der Waals surface area (Å²) in [6, 6.07) is 2.60. The van der Waals surface area contributed by atoms with Crippen molar-refractivity contribution in [2.75, 3.05) is 24.4 Å². The molecule has 0 spiro atoms. The molecule has 1 atom stereocenters. The van der Waals surface area contributed by atoms with Crippen molar-refractivity contribution in [3.05, 3.63) is 17.7 Å². The lowest BCUT2D eigenvalue weighted by Crippen LogP contribution is -2.30. The largest absolute Gasteiger partial charge is 0.507 e. The molecule has 0 radical (unpaired) electrons. The van der Waals surface area contributed by atoms with E-state index in [0.717, 1.165) is 0 Å². The van der Waals surface area contributed by atoms with Crippen molar-refractivity contribution < 1.29 is 20.1 Å². The molecule has 11 nitrogen and oxygen atoms in total. The molecule has 5 N–H and O–H groups in total. The predicted octanol–water partition coefficient (Wildman–Crippen LogP) is 1.22. The van der Waals surface area contributed by atoms with Gasteiger partial charge in [-0.3, -0.25) is 0 Å². The fourth-order valence-corrected chi connectivity index (χ4v) is 2.78. The number of benzene rings is 1. The Labute approximate surface area is 167 Å². The molecule has 3 aromatic rings. The second kappa shape index (κ2) is 8.35. The fraction of sp³-hybridized carbons (Fsp3) is 0.444. The van der Waals surface area contributed by atoms with Crippen molar-refractivity contribution in [1.82, 2.24) is 25.0 Å². The summed E-state index contributed by atoms with van der Waals surface area (Å²) in [6.07, 6.45) is 0. The minimum Gasteiger partial charge on any atom is -0.507 e. The summed E-state index contributed by atoms with van der Waals surface area (Å²) in [7, 11) is 3.16. The van der Waals surface area contributed by atoms with E-state index < -0.39 is 0 Å². The van der Waals surface area contributed by atoms with Gasteiger partial charge >= 0.3 is 0 Å². The summed E-state index contributed by atoms with van der Waals surface area (Å²) in [5.41, 5.74) is 1.22. The minimum atomic E-state index is -0.226. The third-order valence-corrected chi connectivity index (χ3v) is 4.61. The van der Waals surface area contributed by atoms with Crippen LogP contribution in [0, 0.1) is 5.92 Å². The molecule has 2 aromatic heterocycles. The molecule has 0 saturated heterocycles. The number of aromatic hydroxyl groups is 2. The summed E-state index contributed by atoms with van der Waals surface area (Å²) < 4.78 is 6.54. The van der Waals surface area contributed by atoms with Crippen molar-refractivity contribution in [3.8, 4) is 17.2 Å². The van der Waals surface area contributed by atoms with Crippen LogP contribution in [0.1, 0.15) is 19.4 Å². The summed E-state index contributed by atoms with van der Waals surface area (Å²) >= 11 is 0. The molecule has 3 rings (SSSR count). The lowest BCUT2D eigenvalue weighted by atomic mass is 10.1. The lowest BCUT2D eigenvalue weighted by molar-refractivity contribution is 0.248. The van der Waals surface area contributed by atoms with Gasteiger partial charge in [0.15, 0.2) is 17.0 Å². The molecule has 0 saturated carbocycles. The van der Waals surface area contributed by atoms with Crippen molar-refractivity contribution in [2.45, 2.75) is 26.4 Å². The Bertz CT molecular complexity index is 982. The molecule has 0 bridgehead atoms. The first-order chi connectivity index (χ1) is 13.8. The average Bonchev–Trinajstić information content (AvgIpc) is 3.06. The van der Waals surface area contributed by atoms with Crippen LogP contribution in [0.15, 0.2) is 12.1 Å². The number of aliphatic hydroxyl groups excluding tert-OH is 1. The molecule has 11 heteroatoms. The number of nitrogens with one attached hydrogen (secondary N) is 2. The number of methoxy groups -OCH3 is 1. The third kappa shape index (κ3) is 4.24. The number of hydrogen-bond acceptors (Lipinski definition) is 10. The van der Waals surface area contributed by atoms with Gasteiger partial charge < -0.3 is 30.7 Å². The van der Waals surface area contributed by atoms with Crippen molar-refractivity contribution >= 4 is 22.9 Å². The number of aliphatic hydroxyl groups is 1. The summed E-state index contributed by atoms with van der Waals surface area (Å²) in [5, 5.41) is 44.2. The summed E-state index contributed by atoms with van der Waals surface area (Å²) in [6.45, 7) is 3.97. The molecule has 0 fully saturated rings. The number of ether oxygens (including phenoxy) is 1. The van der Waals surface area contributed by atoms with Crippen LogP contribution in [0.25, 0.3) is 11.2 Å². The van der Waals surface area contributed by atoms with Crippen LogP contribution in [0.2, 0.25) is 0 Å². The van der Waals surface area contributed by atoms with Gasteiger partial charge in [-0.1, -0.05) is 19.1 Å². The number of phenolic OH excluding ortho intramolecular Hbond substituents is 2. The maximum absolute atomic E-state index is 10.2. The molecule has 2 heterocycles.